The van der Waals surface area contributed by atoms with Gasteiger partial charge in [-0.25, -0.2) is 0 Å². The minimum absolute atomic E-state index is 0.739. The van der Waals surface area contributed by atoms with Crippen molar-refractivity contribution in [2.75, 3.05) is 13.1 Å². The molecule has 0 N–H and O–H groups in total. The first-order chi connectivity index (χ1) is 10.2. The van der Waals surface area contributed by atoms with E-state index in [-0.39, 0.29) is 0 Å². The van der Waals surface area contributed by atoms with Crippen LogP contribution in [0.1, 0.15) is 44.2 Å². The Morgan fingerprint density at radius 3 is 2.62 bits per heavy atom. The van der Waals surface area contributed by atoms with Gasteiger partial charge in [-0.05, 0) is 68.5 Å². The quantitative estimate of drug-likeness (QED) is 0.800. The van der Waals surface area contributed by atoms with Gasteiger partial charge in [0.1, 0.15) is 0 Å². The van der Waals surface area contributed by atoms with Crippen molar-refractivity contribution in [3.63, 3.8) is 0 Å². The van der Waals surface area contributed by atoms with E-state index in [2.05, 4.69) is 54.8 Å². The molecule has 0 bridgehead atoms. The Labute approximate surface area is 128 Å². The van der Waals surface area contributed by atoms with E-state index < -0.39 is 0 Å². The molecule has 1 aromatic heterocycles. The van der Waals surface area contributed by atoms with Crippen LogP contribution >= 0.6 is 0 Å². The topological polar surface area (TPSA) is 8.17 Å². The number of hydrogen-bond donors (Lipinski definition) is 0. The molecule has 2 nitrogen and oxygen atoms in total. The van der Waals surface area contributed by atoms with Gasteiger partial charge in [-0.15, -0.1) is 0 Å². The van der Waals surface area contributed by atoms with Gasteiger partial charge in [0.25, 0.3) is 0 Å². The van der Waals surface area contributed by atoms with Crippen LogP contribution in [0.3, 0.4) is 0 Å². The molecule has 114 valence electrons. The number of aromatic nitrogens is 1. The van der Waals surface area contributed by atoms with E-state index in [1.165, 1.54) is 56.1 Å². The summed E-state index contributed by atoms with van der Waals surface area (Å²) in [6, 6.07) is 7.70. The van der Waals surface area contributed by atoms with E-state index in [0.717, 1.165) is 6.04 Å². The Morgan fingerprint density at radius 2 is 1.90 bits per heavy atom. The molecule has 1 aliphatic carbocycles. The van der Waals surface area contributed by atoms with Gasteiger partial charge in [0.2, 0.25) is 0 Å². The minimum Gasteiger partial charge on any atom is -0.351 e. The molecular formula is C19H28N2. The second kappa shape index (κ2) is 6.23. The highest BCUT2D eigenvalue weighted by atomic mass is 15.1. The first kappa shape index (κ1) is 14.6. The fraction of sp³-hybridized carbons (Fsp3) is 0.579. The number of benzene rings is 1. The number of aryl methyl sites for hydroxylation is 2. The highest BCUT2D eigenvalue weighted by molar-refractivity contribution is 5.85. The van der Waals surface area contributed by atoms with Gasteiger partial charge < -0.3 is 9.47 Å². The lowest BCUT2D eigenvalue weighted by molar-refractivity contribution is 0.180. The molecule has 1 aliphatic rings. The summed E-state index contributed by atoms with van der Waals surface area (Å²) in [6.45, 7) is 7.10. The van der Waals surface area contributed by atoms with E-state index in [1.807, 2.05) is 0 Å². The fourth-order valence-corrected chi connectivity index (χ4v) is 3.96. The van der Waals surface area contributed by atoms with Gasteiger partial charge in [-0.3, -0.25) is 0 Å². The Kier molecular flexibility index (Phi) is 4.34. The second-order valence-electron chi connectivity index (χ2n) is 6.50. The summed E-state index contributed by atoms with van der Waals surface area (Å²) in [5.41, 5.74) is 4.58. The van der Waals surface area contributed by atoms with E-state index in [1.54, 1.807) is 11.1 Å². The summed E-state index contributed by atoms with van der Waals surface area (Å²) in [4.78, 5) is 2.73. The maximum Gasteiger partial charge on any atom is 0.0480 e. The third kappa shape index (κ3) is 2.74. The highest BCUT2D eigenvalue weighted by Gasteiger charge is 2.25. The average molecular weight is 284 g/mol. The van der Waals surface area contributed by atoms with Crippen LogP contribution in [0.5, 0.6) is 0 Å². The second-order valence-corrected chi connectivity index (χ2v) is 6.50. The fourth-order valence-electron chi connectivity index (χ4n) is 3.96. The predicted octanol–water partition coefficient (Wildman–Crippen LogP) is 4.16. The standard InChI is InChI=1S/C19H28N2/c1-4-11-21(12-5-2)16-8-6-15-7-9-19-17(18(15)14-16)10-13-20(19)3/h7,9-10,13,16H,4-6,8,11-12,14H2,1-3H3. The Bertz CT molecular complexity index is 605. The van der Waals surface area contributed by atoms with Crippen LogP contribution in [0.4, 0.5) is 0 Å². The van der Waals surface area contributed by atoms with Crippen LogP contribution in [0.25, 0.3) is 10.9 Å². The van der Waals surface area contributed by atoms with E-state index in [0.29, 0.717) is 0 Å². The van der Waals surface area contributed by atoms with Crippen LogP contribution in [-0.2, 0) is 19.9 Å². The van der Waals surface area contributed by atoms with Crippen LogP contribution in [-0.4, -0.2) is 28.6 Å². The van der Waals surface area contributed by atoms with Gasteiger partial charge in [-0.1, -0.05) is 19.9 Å². The van der Waals surface area contributed by atoms with Gasteiger partial charge in [0, 0.05) is 30.2 Å². The number of rotatable bonds is 5. The molecule has 1 heterocycles. The normalized spacial score (nSPS) is 18.4. The zero-order chi connectivity index (χ0) is 14.8. The summed E-state index contributed by atoms with van der Waals surface area (Å²) in [7, 11) is 2.15. The van der Waals surface area contributed by atoms with Crippen LogP contribution in [0.2, 0.25) is 0 Å². The number of hydrogen-bond acceptors (Lipinski definition) is 1. The zero-order valence-corrected chi connectivity index (χ0v) is 13.7. The third-order valence-corrected chi connectivity index (χ3v) is 5.00. The monoisotopic (exact) mass is 284 g/mol. The van der Waals surface area contributed by atoms with Crippen LogP contribution in [0, 0.1) is 0 Å². The molecule has 0 amide bonds. The van der Waals surface area contributed by atoms with Crippen molar-refractivity contribution in [1.29, 1.82) is 0 Å². The summed E-state index contributed by atoms with van der Waals surface area (Å²) in [6.07, 6.45) is 8.53. The molecule has 0 spiro atoms. The predicted molar refractivity (Wildman–Crippen MR) is 90.9 cm³/mol. The van der Waals surface area contributed by atoms with Gasteiger partial charge in [0.05, 0.1) is 0 Å². The lowest BCUT2D eigenvalue weighted by Crippen LogP contribution is -2.40. The molecule has 1 unspecified atom stereocenters. The molecular weight excluding hydrogens is 256 g/mol. The summed E-state index contributed by atoms with van der Waals surface area (Å²) in [5, 5.41) is 1.48. The number of nitrogens with zero attached hydrogens (tertiary/aromatic N) is 2. The van der Waals surface area contributed by atoms with Crippen molar-refractivity contribution in [2.24, 2.45) is 7.05 Å². The summed E-state index contributed by atoms with van der Waals surface area (Å²) >= 11 is 0. The van der Waals surface area contributed by atoms with Crippen molar-refractivity contribution in [2.45, 2.75) is 52.0 Å². The molecule has 0 saturated carbocycles. The van der Waals surface area contributed by atoms with Crippen molar-refractivity contribution >= 4 is 10.9 Å². The zero-order valence-electron chi connectivity index (χ0n) is 13.7. The lowest BCUT2D eigenvalue weighted by Gasteiger charge is -2.35. The minimum atomic E-state index is 0.739. The number of fused-ring (bicyclic) bond motifs is 3. The molecule has 1 atom stereocenters. The molecule has 21 heavy (non-hydrogen) atoms. The lowest BCUT2D eigenvalue weighted by atomic mass is 9.85. The molecule has 0 radical (unpaired) electrons. The SMILES string of the molecule is CCCN(CCC)C1CCc2ccc3c(ccn3C)c2C1. The Morgan fingerprint density at radius 1 is 1.14 bits per heavy atom. The Hall–Kier alpha value is -1.28. The largest absolute Gasteiger partial charge is 0.351 e. The van der Waals surface area contributed by atoms with E-state index in [4.69, 9.17) is 0 Å². The average Bonchev–Trinajstić information content (AvgIpc) is 2.88. The molecule has 2 heteroatoms. The maximum absolute atomic E-state index is 2.73. The first-order valence-electron chi connectivity index (χ1n) is 8.54. The molecule has 3 rings (SSSR count). The van der Waals surface area contributed by atoms with Crippen LogP contribution in [0.15, 0.2) is 24.4 Å². The maximum atomic E-state index is 2.73. The van der Waals surface area contributed by atoms with Gasteiger partial charge >= 0.3 is 0 Å². The Balaban J connectivity index is 1.91. The van der Waals surface area contributed by atoms with Gasteiger partial charge in [0.15, 0.2) is 0 Å². The molecule has 0 aliphatic heterocycles. The summed E-state index contributed by atoms with van der Waals surface area (Å²) in [5.74, 6) is 0. The van der Waals surface area contributed by atoms with Crippen molar-refractivity contribution in [3.8, 4) is 0 Å². The smallest absolute Gasteiger partial charge is 0.0480 e. The van der Waals surface area contributed by atoms with Crippen molar-refractivity contribution in [3.05, 3.63) is 35.5 Å². The van der Waals surface area contributed by atoms with Crippen LogP contribution < -0.4 is 0 Å². The highest BCUT2D eigenvalue weighted by Crippen LogP contribution is 2.31. The van der Waals surface area contributed by atoms with Gasteiger partial charge in [-0.2, -0.15) is 0 Å². The van der Waals surface area contributed by atoms with Crippen molar-refractivity contribution < 1.29 is 0 Å². The first-order valence-corrected chi connectivity index (χ1v) is 8.54. The molecule has 0 fully saturated rings. The summed E-state index contributed by atoms with van der Waals surface area (Å²) < 4.78 is 2.25. The van der Waals surface area contributed by atoms with E-state index >= 15 is 0 Å². The molecule has 1 aromatic carbocycles. The molecule has 0 saturated heterocycles. The third-order valence-electron chi connectivity index (χ3n) is 5.00. The molecule has 2 aromatic rings. The van der Waals surface area contributed by atoms with Crippen molar-refractivity contribution in [1.82, 2.24) is 9.47 Å². The van der Waals surface area contributed by atoms with E-state index in [9.17, 15) is 0 Å².